The summed E-state index contributed by atoms with van der Waals surface area (Å²) in [6, 6.07) is 13.5. The highest BCUT2D eigenvalue weighted by atomic mass is 35.5. The Morgan fingerprint density at radius 3 is 2.73 bits per heavy atom. The van der Waals surface area contributed by atoms with Crippen LogP contribution >= 0.6 is 24.8 Å². The highest BCUT2D eigenvalue weighted by Crippen LogP contribution is 2.23. The Morgan fingerprint density at radius 1 is 1.23 bits per heavy atom. The molecule has 2 N–H and O–H groups in total. The fourth-order valence-corrected chi connectivity index (χ4v) is 2.99. The maximum atomic E-state index is 6.03. The number of halogens is 2. The van der Waals surface area contributed by atoms with Crippen LogP contribution in [0.2, 0.25) is 0 Å². The normalized spacial score (nSPS) is 21.7. The number of nitrogens with two attached hydrogens (primary N) is 1. The van der Waals surface area contributed by atoms with Gasteiger partial charge in [-0.15, -0.1) is 24.8 Å². The molecule has 0 saturated carbocycles. The van der Waals surface area contributed by atoms with E-state index in [4.69, 9.17) is 10.2 Å². The monoisotopic (exact) mass is 342 g/mol. The Morgan fingerprint density at radius 2 is 2.05 bits per heavy atom. The van der Waals surface area contributed by atoms with Crippen LogP contribution in [0.1, 0.15) is 25.3 Å². The molecular formula is C17H24Cl2N2O. The van der Waals surface area contributed by atoms with Crippen LogP contribution in [0.25, 0.3) is 11.3 Å². The molecule has 1 aromatic heterocycles. The zero-order chi connectivity index (χ0) is 13.9. The lowest BCUT2D eigenvalue weighted by atomic mass is 9.98. The van der Waals surface area contributed by atoms with E-state index >= 15 is 0 Å². The van der Waals surface area contributed by atoms with Crippen LogP contribution in [0, 0.1) is 0 Å². The van der Waals surface area contributed by atoms with Crippen molar-refractivity contribution in [3.8, 4) is 11.3 Å². The van der Waals surface area contributed by atoms with Crippen molar-refractivity contribution in [2.45, 2.75) is 38.4 Å². The van der Waals surface area contributed by atoms with Gasteiger partial charge in [0.25, 0.3) is 0 Å². The Hall–Kier alpha value is -1.00. The molecule has 0 radical (unpaired) electrons. The first kappa shape index (κ1) is 19.0. The molecule has 2 heterocycles. The predicted molar refractivity (Wildman–Crippen MR) is 95.7 cm³/mol. The van der Waals surface area contributed by atoms with Crippen molar-refractivity contribution in [3.63, 3.8) is 0 Å². The number of likely N-dealkylation sites (tertiary alicyclic amines) is 1. The predicted octanol–water partition coefficient (Wildman–Crippen LogP) is 4.10. The minimum Gasteiger partial charge on any atom is -0.464 e. The summed E-state index contributed by atoms with van der Waals surface area (Å²) in [7, 11) is 0. The van der Waals surface area contributed by atoms with E-state index in [9.17, 15) is 0 Å². The average molecular weight is 343 g/mol. The Bertz CT molecular complexity index is 560. The largest absolute Gasteiger partial charge is 0.464 e. The third-order valence-corrected chi connectivity index (χ3v) is 4.17. The second-order valence-electron chi connectivity index (χ2n) is 5.78. The molecule has 1 fully saturated rings. The van der Waals surface area contributed by atoms with E-state index < -0.39 is 0 Å². The smallest absolute Gasteiger partial charge is 0.133 e. The molecule has 0 unspecified atom stereocenters. The Balaban J connectivity index is 0.00000121. The van der Waals surface area contributed by atoms with Crippen LogP contribution in [0.5, 0.6) is 0 Å². The molecule has 2 atom stereocenters. The average Bonchev–Trinajstić information content (AvgIpc) is 2.96. The molecule has 2 aromatic rings. The van der Waals surface area contributed by atoms with E-state index in [-0.39, 0.29) is 24.8 Å². The van der Waals surface area contributed by atoms with Gasteiger partial charge >= 0.3 is 0 Å². The van der Waals surface area contributed by atoms with E-state index in [1.165, 1.54) is 5.56 Å². The summed E-state index contributed by atoms with van der Waals surface area (Å²) in [6.45, 7) is 4.35. The van der Waals surface area contributed by atoms with Gasteiger partial charge in [0.15, 0.2) is 0 Å². The lowest BCUT2D eigenvalue weighted by Gasteiger charge is -2.36. The Kier molecular flexibility index (Phi) is 7.43. The molecule has 0 amide bonds. The highest BCUT2D eigenvalue weighted by Gasteiger charge is 2.23. The van der Waals surface area contributed by atoms with E-state index in [0.717, 1.165) is 37.3 Å². The van der Waals surface area contributed by atoms with Crippen molar-refractivity contribution in [2.75, 3.05) is 6.54 Å². The zero-order valence-corrected chi connectivity index (χ0v) is 14.4. The van der Waals surface area contributed by atoms with Crippen molar-refractivity contribution in [3.05, 3.63) is 48.2 Å². The fraction of sp³-hybridized carbons (Fsp3) is 0.412. The van der Waals surface area contributed by atoms with Gasteiger partial charge in [-0.25, -0.2) is 0 Å². The molecule has 1 aromatic carbocycles. The molecule has 3 rings (SSSR count). The highest BCUT2D eigenvalue weighted by molar-refractivity contribution is 5.85. The third kappa shape index (κ3) is 4.50. The minimum atomic E-state index is 0. The number of furan rings is 1. The molecule has 1 aliphatic rings. The SMILES string of the molecule is C[C@@H]1C[C@@H](N)CCN1Cc1cccc(-c2ccco2)c1.Cl.Cl. The van der Waals surface area contributed by atoms with E-state index in [2.05, 4.69) is 36.1 Å². The number of rotatable bonds is 3. The van der Waals surface area contributed by atoms with Crippen LogP contribution < -0.4 is 5.73 Å². The van der Waals surface area contributed by atoms with Crippen LogP contribution in [-0.2, 0) is 6.54 Å². The first-order valence-electron chi connectivity index (χ1n) is 7.35. The van der Waals surface area contributed by atoms with Gasteiger partial charge in [-0.2, -0.15) is 0 Å². The molecule has 5 heteroatoms. The van der Waals surface area contributed by atoms with E-state index in [1.54, 1.807) is 6.26 Å². The Labute approximate surface area is 144 Å². The fourth-order valence-electron chi connectivity index (χ4n) is 2.99. The van der Waals surface area contributed by atoms with Gasteiger partial charge in [-0.3, -0.25) is 4.90 Å². The number of nitrogens with zero attached hydrogens (tertiary/aromatic N) is 1. The lowest BCUT2D eigenvalue weighted by Crippen LogP contribution is -2.44. The summed E-state index contributed by atoms with van der Waals surface area (Å²) < 4.78 is 5.47. The number of benzene rings is 1. The van der Waals surface area contributed by atoms with Crippen LogP contribution in [0.3, 0.4) is 0 Å². The van der Waals surface area contributed by atoms with Gasteiger partial charge in [-0.1, -0.05) is 18.2 Å². The van der Waals surface area contributed by atoms with Crippen molar-refractivity contribution < 1.29 is 4.42 Å². The van der Waals surface area contributed by atoms with Gasteiger partial charge in [0.05, 0.1) is 6.26 Å². The molecule has 22 heavy (non-hydrogen) atoms. The molecule has 1 aliphatic heterocycles. The summed E-state index contributed by atoms with van der Waals surface area (Å²) in [6.07, 6.45) is 3.91. The molecule has 0 bridgehead atoms. The molecule has 122 valence electrons. The molecule has 0 aliphatic carbocycles. The molecule has 0 spiro atoms. The first-order chi connectivity index (χ1) is 9.72. The van der Waals surface area contributed by atoms with Gasteiger partial charge in [0.1, 0.15) is 5.76 Å². The quantitative estimate of drug-likeness (QED) is 0.912. The number of piperidine rings is 1. The van der Waals surface area contributed by atoms with E-state index in [1.807, 2.05) is 12.1 Å². The van der Waals surface area contributed by atoms with Crippen molar-refractivity contribution in [1.82, 2.24) is 4.90 Å². The second-order valence-corrected chi connectivity index (χ2v) is 5.78. The molecule has 1 saturated heterocycles. The summed E-state index contributed by atoms with van der Waals surface area (Å²) in [5.41, 5.74) is 8.51. The van der Waals surface area contributed by atoms with Crippen LogP contribution in [0.4, 0.5) is 0 Å². The summed E-state index contributed by atoms with van der Waals surface area (Å²) in [4.78, 5) is 2.52. The summed E-state index contributed by atoms with van der Waals surface area (Å²) in [5, 5.41) is 0. The first-order valence-corrected chi connectivity index (χ1v) is 7.35. The minimum absolute atomic E-state index is 0. The summed E-state index contributed by atoms with van der Waals surface area (Å²) >= 11 is 0. The van der Waals surface area contributed by atoms with Gasteiger partial charge in [0.2, 0.25) is 0 Å². The molecular weight excluding hydrogens is 319 g/mol. The van der Waals surface area contributed by atoms with Gasteiger partial charge in [-0.05, 0) is 43.5 Å². The molecule has 3 nitrogen and oxygen atoms in total. The van der Waals surface area contributed by atoms with Crippen molar-refractivity contribution >= 4 is 24.8 Å². The number of hydrogen-bond acceptors (Lipinski definition) is 3. The standard InChI is InChI=1S/C17H22N2O.2ClH/c1-13-10-16(18)7-8-19(13)12-14-4-2-5-15(11-14)17-6-3-9-20-17;;/h2-6,9,11,13,16H,7-8,10,12,18H2,1H3;2*1H/t13-,16+;;/m1../s1. The van der Waals surface area contributed by atoms with Crippen molar-refractivity contribution in [2.24, 2.45) is 5.73 Å². The third-order valence-electron chi connectivity index (χ3n) is 4.17. The van der Waals surface area contributed by atoms with Gasteiger partial charge < -0.3 is 10.2 Å². The van der Waals surface area contributed by atoms with E-state index in [0.29, 0.717) is 12.1 Å². The van der Waals surface area contributed by atoms with Crippen LogP contribution in [-0.4, -0.2) is 23.5 Å². The lowest BCUT2D eigenvalue weighted by molar-refractivity contribution is 0.140. The second kappa shape index (κ2) is 8.59. The van der Waals surface area contributed by atoms with Crippen LogP contribution in [0.15, 0.2) is 47.1 Å². The maximum Gasteiger partial charge on any atom is 0.133 e. The van der Waals surface area contributed by atoms with Gasteiger partial charge in [0, 0.05) is 30.7 Å². The topological polar surface area (TPSA) is 42.4 Å². The van der Waals surface area contributed by atoms with Crippen molar-refractivity contribution in [1.29, 1.82) is 0 Å². The zero-order valence-electron chi connectivity index (χ0n) is 12.8. The number of hydrogen-bond donors (Lipinski definition) is 1. The summed E-state index contributed by atoms with van der Waals surface area (Å²) in [5.74, 6) is 0.931. The maximum absolute atomic E-state index is 6.03.